The Hall–Kier alpha value is -2.39. The maximum absolute atomic E-state index is 10.3. The number of benzene rings is 2. The van der Waals surface area contributed by atoms with E-state index in [4.69, 9.17) is 4.74 Å². The van der Waals surface area contributed by atoms with Crippen LogP contribution in [0.1, 0.15) is 49.0 Å². The third kappa shape index (κ3) is 4.37. The lowest BCUT2D eigenvalue weighted by Crippen LogP contribution is -2.01. The second-order valence-corrected chi connectivity index (χ2v) is 6.53. The molecule has 0 bridgehead atoms. The van der Waals surface area contributed by atoms with E-state index in [2.05, 4.69) is 24.9 Å². The number of aliphatic hydroxyl groups excluding tert-OH is 1. The number of nitrogens with zero attached hydrogens (tertiary/aromatic N) is 1. The highest BCUT2D eigenvalue weighted by molar-refractivity contribution is 5.85. The first-order chi connectivity index (χ1) is 12.2. The van der Waals surface area contributed by atoms with Crippen LogP contribution in [0.4, 0.5) is 0 Å². The van der Waals surface area contributed by atoms with E-state index >= 15 is 0 Å². The Bertz CT molecular complexity index is 844. The fraction of sp³-hybridized carbons (Fsp3) is 0.318. The fourth-order valence-electron chi connectivity index (χ4n) is 3.03. The van der Waals surface area contributed by atoms with Gasteiger partial charge in [-0.25, -0.2) is 0 Å². The highest BCUT2D eigenvalue weighted by Crippen LogP contribution is 2.27. The summed E-state index contributed by atoms with van der Waals surface area (Å²) in [5, 5.41) is 11.4. The molecule has 0 saturated carbocycles. The van der Waals surface area contributed by atoms with Crippen molar-refractivity contribution in [3.63, 3.8) is 0 Å². The van der Waals surface area contributed by atoms with Crippen molar-refractivity contribution < 1.29 is 9.84 Å². The van der Waals surface area contributed by atoms with Crippen LogP contribution in [0, 0.1) is 6.92 Å². The first kappa shape index (κ1) is 17.4. The summed E-state index contributed by atoms with van der Waals surface area (Å²) in [6.45, 7) is 4.66. The van der Waals surface area contributed by atoms with Crippen molar-refractivity contribution in [2.75, 3.05) is 0 Å². The number of ether oxygens (including phenoxy) is 1. The smallest absolute Gasteiger partial charge is 0.146 e. The maximum atomic E-state index is 10.3. The SMILES string of the molecule is CCCCC(O)c1cccc(COc2cc(C)cc3cccnc23)c1. The summed E-state index contributed by atoms with van der Waals surface area (Å²) in [7, 11) is 0. The molecule has 0 aliphatic rings. The summed E-state index contributed by atoms with van der Waals surface area (Å²) in [5.41, 5.74) is 4.05. The van der Waals surface area contributed by atoms with Crippen molar-refractivity contribution in [3.05, 3.63) is 71.4 Å². The van der Waals surface area contributed by atoms with Crippen molar-refractivity contribution >= 4 is 10.9 Å². The van der Waals surface area contributed by atoms with Gasteiger partial charge in [0.1, 0.15) is 17.9 Å². The van der Waals surface area contributed by atoms with Crippen LogP contribution in [-0.2, 0) is 6.61 Å². The average molecular weight is 335 g/mol. The van der Waals surface area contributed by atoms with E-state index in [-0.39, 0.29) is 0 Å². The molecule has 3 heteroatoms. The topological polar surface area (TPSA) is 42.4 Å². The van der Waals surface area contributed by atoms with Gasteiger partial charge in [-0.05, 0) is 54.3 Å². The van der Waals surface area contributed by atoms with Crippen molar-refractivity contribution in [1.29, 1.82) is 0 Å². The minimum atomic E-state index is -0.402. The van der Waals surface area contributed by atoms with E-state index in [0.29, 0.717) is 6.61 Å². The standard InChI is InChI=1S/C22H25NO2/c1-3-4-10-20(24)18-8-5-7-17(14-18)15-25-21-13-16(2)12-19-9-6-11-23-22(19)21/h5-9,11-14,20,24H,3-4,10,15H2,1-2H3. The van der Waals surface area contributed by atoms with Crippen LogP contribution in [0.5, 0.6) is 5.75 Å². The van der Waals surface area contributed by atoms with Crippen LogP contribution in [-0.4, -0.2) is 10.1 Å². The summed E-state index contributed by atoms with van der Waals surface area (Å²) in [6.07, 6.45) is 4.31. The molecule has 0 spiro atoms. The van der Waals surface area contributed by atoms with E-state index in [0.717, 1.165) is 52.6 Å². The van der Waals surface area contributed by atoms with Gasteiger partial charge in [-0.1, -0.05) is 44.0 Å². The second-order valence-electron chi connectivity index (χ2n) is 6.53. The van der Waals surface area contributed by atoms with Gasteiger partial charge in [0.25, 0.3) is 0 Å². The molecule has 1 atom stereocenters. The van der Waals surface area contributed by atoms with E-state index in [1.807, 2.05) is 42.5 Å². The van der Waals surface area contributed by atoms with Crippen molar-refractivity contribution in [2.24, 2.45) is 0 Å². The van der Waals surface area contributed by atoms with Gasteiger partial charge in [-0.3, -0.25) is 4.98 Å². The fourth-order valence-corrected chi connectivity index (χ4v) is 3.03. The molecule has 1 unspecified atom stereocenters. The molecule has 0 fully saturated rings. The Kier molecular flexibility index (Phi) is 5.67. The number of fused-ring (bicyclic) bond motifs is 1. The lowest BCUT2D eigenvalue weighted by Gasteiger charge is -2.13. The predicted molar refractivity (Wildman–Crippen MR) is 102 cm³/mol. The lowest BCUT2D eigenvalue weighted by molar-refractivity contribution is 0.164. The molecule has 3 aromatic rings. The molecule has 3 nitrogen and oxygen atoms in total. The van der Waals surface area contributed by atoms with Gasteiger partial charge in [0.15, 0.2) is 0 Å². The number of hydrogen-bond acceptors (Lipinski definition) is 3. The number of aromatic nitrogens is 1. The van der Waals surface area contributed by atoms with E-state index in [1.54, 1.807) is 6.20 Å². The van der Waals surface area contributed by atoms with E-state index in [9.17, 15) is 5.11 Å². The Balaban J connectivity index is 1.76. The van der Waals surface area contributed by atoms with Crippen LogP contribution in [0.3, 0.4) is 0 Å². The summed E-state index contributed by atoms with van der Waals surface area (Å²) in [4.78, 5) is 4.45. The third-order valence-electron chi connectivity index (χ3n) is 4.38. The van der Waals surface area contributed by atoms with Gasteiger partial charge in [0.2, 0.25) is 0 Å². The molecule has 1 heterocycles. The number of pyridine rings is 1. The monoisotopic (exact) mass is 335 g/mol. The first-order valence-electron chi connectivity index (χ1n) is 8.92. The van der Waals surface area contributed by atoms with Crippen LogP contribution < -0.4 is 4.74 Å². The summed E-state index contributed by atoms with van der Waals surface area (Å²) >= 11 is 0. The molecular formula is C22H25NO2. The lowest BCUT2D eigenvalue weighted by atomic mass is 10.0. The molecule has 0 saturated heterocycles. The highest BCUT2D eigenvalue weighted by Gasteiger charge is 2.09. The molecule has 25 heavy (non-hydrogen) atoms. The minimum Gasteiger partial charge on any atom is -0.487 e. The molecule has 0 radical (unpaired) electrons. The molecule has 0 amide bonds. The van der Waals surface area contributed by atoms with Crippen LogP contribution in [0.2, 0.25) is 0 Å². The largest absolute Gasteiger partial charge is 0.487 e. The van der Waals surface area contributed by atoms with Gasteiger partial charge < -0.3 is 9.84 Å². The maximum Gasteiger partial charge on any atom is 0.146 e. The number of rotatable bonds is 7. The molecule has 3 rings (SSSR count). The van der Waals surface area contributed by atoms with E-state index in [1.165, 1.54) is 0 Å². The summed E-state index contributed by atoms with van der Waals surface area (Å²) < 4.78 is 6.06. The first-order valence-corrected chi connectivity index (χ1v) is 8.92. The minimum absolute atomic E-state index is 0.402. The average Bonchev–Trinajstić information content (AvgIpc) is 2.64. The molecule has 130 valence electrons. The molecular weight excluding hydrogens is 310 g/mol. The van der Waals surface area contributed by atoms with Crippen LogP contribution in [0.25, 0.3) is 10.9 Å². The molecule has 1 N–H and O–H groups in total. The second kappa shape index (κ2) is 8.13. The van der Waals surface area contributed by atoms with Crippen LogP contribution in [0.15, 0.2) is 54.7 Å². The van der Waals surface area contributed by atoms with Crippen molar-refractivity contribution in [1.82, 2.24) is 4.98 Å². The normalized spacial score (nSPS) is 12.3. The number of hydrogen-bond donors (Lipinski definition) is 1. The Morgan fingerprint density at radius 2 is 2.00 bits per heavy atom. The molecule has 1 aromatic heterocycles. The Labute approximate surface area is 149 Å². The van der Waals surface area contributed by atoms with Gasteiger partial charge in [0.05, 0.1) is 6.10 Å². The highest BCUT2D eigenvalue weighted by atomic mass is 16.5. The Morgan fingerprint density at radius 1 is 1.12 bits per heavy atom. The third-order valence-corrected chi connectivity index (χ3v) is 4.38. The van der Waals surface area contributed by atoms with Gasteiger partial charge in [-0.2, -0.15) is 0 Å². The number of aliphatic hydroxyl groups is 1. The molecule has 2 aromatic carbocycles. The van der Waals surface area contributed by atoms with Gasteiger partial charge in [0, 0.05) is 11.6 Å². The molecule has 0 aliphatic carbocycles. The Morgan fingerprint density at radius 3 is 2.84 bits per heavy atom. The molecule has 0 aliphatic heterocycles. The zero-order valence-electron chi connectivity index (χ0n) is 14.9. The number of unbranched alkanes of at least 4 members (excludes halogenated alkanes) is 1. The quantitative estimate of drug-likeness (QED) is 0.633. The van der Waals surface area contributed by atoms with Crippen molar-refractivity contribution in [2.45, 2.75) is 45.8 Å². The van der Waals surface area contributed by atoms with Gasteiger partial charge in [-0.15, -0.1) is 0 Å². The number of aryl methyl sites for hydroxylation is 1. The predicted octanol–water partition coefficient (Wildman–Crippen LogP) is 5.35. The van der Waals surface area contributed by atoms with Crippen molar-refractivity contribution in [3.8, 4) is 5.75 Å². The van der Waals surface area contributed by atoms with Crippen LogP contribution >= 0.6 is 0 Å². The zero-order valence-corrected chi connectivity index (χ0v) is 14.9. The van der Waals surface area contributed by atoms with E-state index < -0.39 is 6.10 Å². The van der Waals surface area contributed by atoms with Gasteiger partial charge >= 0.3 is 0 Å². The zero-order chi connectivity index (χ0) is 17.6. The summed E-state index contributed by atoms with van der Waals surface area (Å²) in [6, 6.07) is 16.1. The summed E-state index contributed by atoms with van der Waals surface area (Å²) in [5.74, 6) is 0.799.